The van der Waals surface area contributed by atoms with E-state index in [-0.39, 0.29) is 5.91 Å². The Labute approximate surface area is 148 Å². The Kier molecular flexibility index (Phi) is 5.86. The van der Waals surface area contributed by atoms with Gasteiger partial charge in [-0.05, 0) is 42.9 Å². The predicted octanol–water partition coefficient (Wildman–Crippen LogP) is 3.18. The van der Waals surface area contributed by atoms with Crippen molar-refractivity contribution in [3.63, 3.8) is 0 Å². The lowest BCUT2D eigenvalue weighted by atomic mass is 10.0. The topological polar surface area (TPSA) is 70.9 Å². The quantitative estimate of drug-likeness (QED) is 0.553. The molecule has 0 spiro atoms. The summed E-state index contributed by atoms with van der Waals surface area (Å²) in [4.78, 5) is 15.4. The molecule has 0 bridgehead atoms. The van der Waals surface area contributed by atoms with E-state index in [9.17, 15) is 4.79 Å². The van der Waals surface area contributed by atoms with Crippen LogP contribution in [0.4, 0.5) is 0 Å². The number of carbonyl (C=O) groups is 1. The molecule has 1 amide bonds. The highest BCUT2D eigenvalue weighted by atomic mass is 16.2. The zero-order chi connectivity index (χ0) is 17.5. The van der Waals surface area contributed by atoms with Crippen LogP contribution >= 0.6 is 0 Å². The van der Waals surface area contributed by atoms with Crippen LogP contribution in [0.3, 0.4) is 0 Å². The number of aryl methyl sites for hydroxylation is 1. The van der Waals surface area contributed by atoms with Crippen LogP contribution in [0.25, 0.3) is 10.9 Å². The zero-order valence-electron chi connectivity index (χ0n) is 14.4. The van der Waals surface area contributed by atoms with Crippen molar-refractivity contribution in [3.05, 3.63) is 71.9 Å². The van der Waals surface area contributed by atoms with Crippen molar-refractivity contribution in [2.45, 2.75) is 31.7 Å². The number of aromatic amines is 1. The summed E-state index contributed by atoms with van der Waals surface area (Å²) >= 11 is 0. The molecule has 0 aliphatic carbocycles. The second-order valence-electron chi connectivity index (χ2n) is 6.40. The molecular formula is C21H25N3O. The summed E-state index contributed by atoms with van der Waals surface area (Å²) in [5, 5.41) is 4.09. The highest BCUT2D eigenvalue weighted by Crippen LogP contribution is 2.18. The van der Waals surface area contributed by atoms with Gasteiger partial charge in [0.2, 0.25) is 5.91 Å². The fraction of sp³-hybridized carbons (Fsp3) is 0.286. The number of carbonyl (C=O) groups excluding carboxylic acids is 1. The number of H-pyrrole nitrogens is 1. The van der Waals surface area contributed by atoms with Gasteiger partial charge in [0, 0.05) is 23.6 Å². The number of hydrogen-bond donors (Lipinski definition) is 3. The van der Waals surface area contributed by atoms with Gasteiger partial charge in [-0.1, -0.05) is 48.5 Å². The molecule has 4 heteroatoms. The van der Waals surface area contributed by atoms with Crippen LogP contribution in [0, 0.1) is 0 Å². The number of rotatable bonds is 8. The smallest absolute Gasteiger partial charge is 0.237 e. The lowest BCUT2D eigenvalue weighted by Gasteiger charge is -2.12. The number of nitrogens with one attached hydrogen (secondary N) is 2. The second-order valence-corrected chi connectivity index (χ2v) is 6.40. The van der Waals surface area contributed by atoms with Gasteiger partial charge in [-0.3, -0.25) is 4.79 Å². The van der Waals surface area contributed by atoms with E-state index >= 15 is 0 Å². The van der Waals surface area contributed by atoms with Gasteiger partial charge in [0.25, 0.3) is 0 Å². The fourth-order valence-electron chi connectivity index (χ4n) is 3.07. The average molecular weight is 335 g/mol. The van der Waals surface area contributed by atoms with E-state index in [1.165, 1.54) is 5.56 Å². The standard InChI is InChI=1S/C21H25N3O/c22-19(14-17-15-24-20-12-5-4-11-18(17)20)21(25)23-13-7-6-10-16-8-2-1-3-9-16/h1-5,8-9,11-12,15,19,24H,6-7,10,13-14,22H2,(H,23,25). The number of para-hydroxylation sites is 1. The molecule has 130 valence electrons. The minimum Gasteiger partial charge on any atom is -0.361 e. The van der Waals surface area contributed by atoms with E-state index in [1.807, 2.05) is 30.5 Å². The summed E-state index contributed by atoms with van der Waals surface area (Å²) in [6, 6.07) is 18.0. The van der Waals surface area contributed by atoms with Crippen LogP contribution in [0.1, 0.15) is 24.0 Å². The zero-order valence-corrected chi connectivity index (χ0v) is 14.4. The maximum atomic E-state index is 12.2. The Hall–Kier alpha value is -2.59. The Balaban J connectivity index is 1.40. The predicted molar refractivity (Wildman–Crippen MR) is 102 cm³/mol. The SMILES string of the molecule is NC(Cc1c[nH]c2ccccc12)C(=O)NCCCCc1ccccc1. The molecule has 0 saturated heterocycles. The molecule has 3 rings (SSSR count). The summed E-state index contributed by atoms with van der Waals surface area (Å²) in [7, 11) is 0. The maximum absolute atomic E-state index is 12.2. The van der Waals surface area contributed by atoms with Crippen LogP contribution in [0.15, 0.2) is 60.8 Å². The summed E-state index contributed by atoms with van der Waals surface area (Å²) < 4.78 is 0. The van der Waals surface area contributed by atoms with Gasteiger partial charge in [-0.25, -0.2) is 0 Å². The average Bonchev–Trinajstić information content (AvgIpc) is 3.05. The second kappa shape index (κ2) is 8.49. The minimum atomic E-state index is -0.520. The molecule has 1 unspecified atom stereocenters. The van der Waals surface area contributed by atoms with Gasteiger partial charge in [0.05, 0.1) is 6.04 Å². The Morgan fingerprint density at radius 1 is 1.04 bits per heavy atom. The third-order valence-corrected chi connectivity index (χ3v) is 4.49. The van der Waals surface area contributed by atoms with Crippen molar-refractivity contribution in [1.29, 1.82) is 0 Å². The minimum absolute atomic E-state index is 0.0787. The van der Waals surface area contributed by atoms with E-state index in [0.29, 0.717) is 13.0 Å². The summed E-state index contributed by atoms with van der Waals surface area (Å²) in [6.45, 7) is 0.674. The largest absolute Gasteiger partial charge is 0.361 e. The Morgan fingerprint density at radius 2 is 1.80 bits per heavy atom. The molecule has 1 heterocycles. The van der Waals surface area contributed by atoms with Crippen LogP contribution in [-0.2, 0) is 17.6 Å². The van der Waals surface area contributed by atoms with Gasteiger partial charge >= 0.3 is 0 Å². The summed E-state index contributed by atoms with van der Waals surface area (Å²) in [5.41, 5.74) is 9.58. The number of fused-ring (bicyclic) bond motifs is 1. The van der Waals surface area contributed by atoms with Crippen LogP contribution in [-0.4, -0.2) is 23.5 Å². The van der Waals surface area contributed by atoms with Gasteiger partial charge in [0.1, 0.15) is 0 Å². The van der Waals surface area contributed by atoms with E-state index in [2.05, 4.69) is 40.6 Å². The van der Waals surface area contributed by atoms with E-state index in [1.54, 1.807) is 0 Å². The molecule has 0 aliphatic heterocycles. The van der Waals surface area contributed by atoms with Crippen molar-refractivity contribution in [2.75, 3.05) is 6.54 Å². The van der Waals surface area contributed by atoms with Gasteiger partial charge in [-0.15, -0.1) is 0 Å². The van der Waals surface area contributed by atoms with Crippen LogP contribution < -0.4 is 11.1 Å². The summed E-state index contributed by atoms with van der Waals surface area (Å²) in [5.74, 6) is -0.0787. The molecule has 2 aromatic carbocycles. The summed E-state index contributed by atoms with van der Waals surface area (Å²) in [6.07, 6.45) is 5.54. The number of benzene rings is 2. The molecule has 4 nitrogen and oxygen atoms in total. The third kappa shape index (κ3) is 4.70. The normalized spacial score (nSPS) is 12.2. The van der Waals surface area contributed by atoms with Gasteiger partial charge in [0.15, 0.2) is 0 Å². The lowest BCUT2D eigenvalue weighted by molar-refractivity contribution is -0.122. The first-order chi connectivity index (χ1) is 12.2. The van der Waals surface area contributed by atoms with E-state index in [0.717, 1.165) is 35.7 Å². The van der Waals surface area contributed by atoms with E-state index < -0.39 is 6.04 Å². The monoisotopic (exact) mass is 335 g/mol. The Bertz CT molecular complexity index is 810. The number of hydrogen-bond acceptors (Lipinski definition) is 2. The molecule has 1 aromatic heterocycles. The first-order valence-electron chi connectivity index (χ1n) is 8.86. The van der Waals surface area contributed by atoms with Crippen molar-refractivity contribution < 1.29 is 4.79 Å². The molecule has 0 saturated carbocycles. The molecule has 3 aromatic rings. The third-order valence-electron chi connectivity index (χ3n) is 4.49. The molecule has 0 fully saturated rings. The maximum Gasteiger partial charge on any atom is 0.237 e. The van der Waals surface area contributed by atoms with Crippen LogP contribution in [0.2, 0.25) is 0 Å². The van der Waals surface area contributed by atoms with Crippen molar-refractivity contribution in [3.8, 4) is 0 Å². The molecule has 0 aliphatic rings. The number of amides is 1. The van der Waals surface area contributed by atoms with E-state index in [4.69, 9.17) is 5.73 Å². The highest BCUT2D eigenvalue weighted by molar-refractivity contribution is 5.86. The van der Waals surface area contributed by atoms with Gasteiger partial charge < -0.3 is 16.0 Å². The molecule has 1 atom stereocenters. The van der Waals surface area contributed by atoms with Crippen molar-refractivity contribution in [2.24, 2.45) is 5.73 Å². The highest BCUT2D eigenvalue weighted by Gasteiger charge is 2.15. The first-order valence-corrected chi connectivity index (χ1v) is 8.86. The Morgan fingerprint density at radius 3 is 2.64 bits per heavy atom. The number of unbranched alkanes of at least 4 members (excludes halogenated alkanes) is 1. The molecule has 0 radical (unpaired) electrons. The molecule has 4 N–H and O–H groups in total. The van der Waals surface area contributed by atoms with Crippen LogP contribution in [0.5, 0.6) is 0 Å². The number of aromatic nitrogens is 1. The van der Waals surface area contributed by atoms with Gasteiger partial charge in [-0.2, -0.15) is 0 Å². The molecule has 25 heavy (non-hydrogen) atoms. The fourth-order valence-corrected chi connectivity index (χ4v) is 3.07. The van der Waals surface area contributed by atoms with Crippen molar-refractivity contribution >= 4 is 16.8 Å². The number of nitrogens with two attached hydrogens (primary N) is 1. The molecular weight excluding hydrogens is 310 g/mol. The first kappa shape index (κ1) is 17.2. The lowest BCUT2D eigenvalue weighted by Crippen LogP contribution is -2.42. The van der Waals surface area contributed by atoms with Crippen molar-refractivity contribution in [1.82, 2.24) is 10.3 Å².